The summed E-state index contributed by atoms with van der Waals surface area (Å²) in [6.45, 7) is 29.0. The van der Waals surface area contributed by atoms with Gasteiger partial charge in [-0.25, -0.2) is 0 Å². The van der Waals surface area contributed by atoms with Crippen molar-refractivity contribution in [3.05, 3.63) is 33.3 Å². The van der Waals surface area contributed by atoms with Crippen molar-refractivity contribution in [2.75, 3.05) is 0 Å². The standard InChI is InChI=1S/C4H11P.5CO.Mo/c1-4(2,3)5;5*1-2;/h5H2,1-3H3;;;;;;. The molecular formula is C9H11MoO5P. The predicted molar refractivity (Wildman–Crippen MR) is 49.1 cm³/mol. The van der Waals surface area contributed by atoms with Gasteiger partial charge >= 0.3 is 56.5 Å². The van der Waals surface area contributed by atoms with E-state index >= 15 is 0 Å². The van der Waals surface area contributed by atoms with Crippen molar-refractivity contribution < 1.29 is 44.3 Å². The normalized spacial score (nSPS) is 4.38. The zero-order chi connectivity index (χ0) is 14.5. The van der Waals surface area contributed by atoms with Gasteiger partial charge in [0.2, 0.25) is 0 Å². The summed E-state index contributed by atoms with van der Waals surface area (Å²) in [5, 5.41) is 0.417. The fraction of sp³-hybridized carbons (Fsp3) is 0.444. The summed E-state index contributed by atoms with van der Waals surface area (Å²) in [6, 6.07) is 0. The fourth-order valence-electron chi connectivity index (χ4n) is 0. The van der Waals surface area contributed by atoms with Crippen LogP contribution in [-0.2, 0) is 44.3 Å². The summed E-state index contributed by atoms with van der Waals surface area (Å²) in [6.07, 6.45) is 0. The first-order chi connectivity index (χ1) is 7.00. The molecule has 0 aliphatic heterocycles. The molecule has 0 aliphatic carbocycles. The molecule has 0 saturated carbocycles. The van der Waals surface area contributed by atoms with E-state index in [1.54, 1.807) is 0 Å². The summed E-state index contributed by atoms with van der Waals surface area (Å²) in [5.41, 5.74) is 0. The van der Waals surface area contributed by atoms with Crippen LogP contribution >= 0.6 is 9.24 Å². The van der Waals surface area contributed by atoms with Gasteiger partial charge in [-0.2, -0.15) is 0 Å². The van der Waals surface area contributed by atoms with E-state index in [-0.39, 0.29) is 21.1 Å². The Morgan fingerprint density at radius 3 is 0.625 bits per heavy atom. The largest absolute Gasteiger partial charge is 0 e. The first-order valence-corrected chi connectivity index (χ1v) is 3.39. The van der Waals surface area contributed by atoms with E-state index in [0.29, 0.717) is 5.16 Å². The van der Waals surface area contributed by atoms with Crippen molar-refractivity contribution in [2.24, 2.45) is 0 Å². The van der Waals surface area contributed by atoms with Crippen LogP contribution in [0.15, 0.2) is 0 Å². The minimum atomic E-state index is 0. The van der Waals surface area contributed by atoms with E-state index in [9.17, 15) is 0 Å². The second kappa shape index (κ2) is 83.6. The summed E-state index contributed by atoms with van der Waals surface area (Å²) in [7, 11) is 2.72. The van der Waals surface area contributed by atoms with Crippen LogP contribution in [-0.4, -0.2) is 5.16 Å². The summed E-state index contributed by atoms with van der Waals surface area (Å²) < 4.78 is 37.5. The van der Waals surface area contributed by atoms with Crippen LogP contribution in [0.2, 0.25) is 0 Å². The third-order valence-electron chi connectivity index (χ3n) is 0. The quantitative estimate of drug-likeness (QED) is 0.279. The van der Waals surface area contributed by atoms with Crippen molar-refractivity contribution in [2.45, 2.75) is 25.9 Å². The Bertz CT molecular complexity index is 134. The second-order valence-electron chi connectivity index (χ2n) is 2.37. The van der Waals surface area contributed by atoms with Crippen LogP contribution in [0, 0.1) is 33.3 Å². The molecule has 0 aromatic rings. The van der Waals surface area contributed by atoms with Gasteiger partial charge in [0, 0.05) is 21.1 Å². The molecule has 0 radical (unpaired) electrons. The van der Waals surface area contributed by atoms with Crippen molar-refractivity contribution in [3.63, 3.8) is 0 Å². The maximum absolute atomic E-state index is 7.50. The topological polar surface area (TPSA) is 99.5 Å². The Balaban J connectivity index is -0.0000000130. The Morgan fingerprint density at radius 1 is 0.625 bits per heavy atom. The zero-order valence-electron chi connectivity index (χ0n) is 9.03. The van der Waals surface area contributed by atoms with Crippen molar-refractivity contribution in [3.8, 4) is 0 Å². The van der Waals surface area contributed by atoms with Crippen LogP contribution in [0.1, 0.15) is 20.8 Å². The van der Waals surface area contributed by atoms with Gasteiger partial charge in [-0.1, -0.05) is 20.8 Å². The van der Waals surface area contributed by atoms with Gasteiger partial charge in [-0.05, 0) is 5.16 Å². The van der Waals surface area contributed by atoms with Crippen LogP contribution < -0.4 is 0 Å². The van der Waals surface area contributed by atoms with Gasteiger partial charge < -0.3 is 0 Å². The number of hydrogen-bond donors (Lipinski definition) is 0. The molecule has 0 heterocycles. The fourth-order valence-corrected chi connectivity index (χ4v) is 0. The van der Waals surface area contributed by atoms with E-state index in [1.165, 1.54) is 0 Å². The molecular weight excluding hydrogens is 315 g/mol. The SMILES string of the molecule is CC(C)(C)P.[C-]#[O+].[C-]#[O+].[C-]#[O+].[C-]#[O+].[C-]#[O+].[Mo]. The molecule has 0 bridgehead atoms. The Labute approximate surface area is 113 Å². The van der Waals surface area contributed by atoms with Crippen molar-refractivity contribution in [1.82, 2.24) is 0 Å². The van der Waals surface area contributed by atoms with Crippen LogP contribution in [0.4, 0.5) is 0 Å². The molecule has 0 fully saturated rings. The molecule has 0 saturated heterocycles. The summed E-state index contributed by atoms with van der Waals surface area (Å²) in [5.74, 6) is 0. The summed E-state index contributed by atoms with van der Waals surface area (Å²) in [4.78, 5) is 0. The minimum absolute atomic E-state index is 0. The molecule has 0 aliphatic rings. The number of rotatable bonds is 0. The minimum Gasteiger partial charge on any atom is 0 e. The second-order valence-corrected chi connectivity index (χ2v) is 4.10. The molecule has 0 amide bonds. The van der Waals surface area contributed by atoms with E-state index in [1.807, 2.05) is 0 Å². The van der Waals surface area contributed by atoms with Gasteiger partial charge in [-0.3, -0.25) is 0 Å². The summed E-state index contributed by atoms with van der Waals surface area (Å²) >= 11 is 0. The molecule has 16 heavy (non-hydrogen) atoms. The van der Waals surface area contributed by atoms with Gasteiger partial charge in [0.15, 0.2) is 0 Å². The Morgan fingerprint density at radius 2 is 0.625 bits per heavy atom. The molecule has 0 aromatic heterocycles. The third-order valence-corrected chi connectivity index (χ3v) is 0. The number of hydrogen-bond acceptors (Lipinski definition) is 0. The first-order valence-electron chi connectivity index (χ1n) is 2.81. The zero-order valence-corrected chi connectivity index (χ0v) is 12.2. The monoisotopic (exact) mass is 328 g/mol. The Kier molecular flexibility index (Phi) is 233. The van der Waals surface area contributed by atoms with E-state index in [2.05, 4.69) is 63.3 Å². The van der Waals surface area contributed by atoms with Crippen LogP contribution in [0.5, 0.6) is 0 Å². The molecule has 7 heteroatoms. The Hall–Kier alpha value is -0.182. The molecule has 0 spiro atoms. The smallest absolute Gasteiger partial charge is 0 e. The molecule has 1 atom stereocenters. The average Bonchev–Trinajstić information content (AvgIpc) is 2.29. The predicted octanol–water partition coefficient (Wildman–Crippen LogP) is 1.47. The average molecular weight is 326 g/mol. The van der Waals surface area contributed by atoms with Crippen LogP contribution in [0.25, 0.3) is 0 Å². The maximum Gasteiger partial charge on any atom is 0 e. The van der Waals surface area contributed by atoms with Gasteiger partial charge in [0.05, 0.1) is 0 Å². The van der Waals surface area contributed by atoms with Crippen molar-refractivity contribution in [1.29, 1.82) is 0 Å². The van der Waals surface area contributed by atoms with E-state index < -0.39 is 0 Å². The van der Waals surface area contributed by atoms with Crippen LogP contribution in [0.3, 0.4) is 0 Å². The molecule has 0 aromatic carbocycles. The molecule has 5 nitrogen and oxygen atoms in total. The maximum atomic E-state index is 7.50. The molecule has 0 N–H and O–H groups in total. The van der Waals surface area contributed by atoms with Gasteiger partial charge in [-0.15, -0.1) is 9.24 Å². The van der Waals surface area contributed by atoms with Gasteiger partial charge in [0.1, 0.15) is 0 Å². The third kappa shape index (κ3) is 68800. The first kappa shape index (κ1) is 44.7. The van der Waals surface area contributed by atoms with Crippen molar-refractivity contribution >= 4 is 9.24 Å². The molecule has 88 valence electrons. The molecule has 1 unspecified atom stereocenters. The van der Waals surface area contributed by atoms with E-state index in [0.717, 1.165) is 0 Å². The van der Waals surface area contributed by atoms with E-state index in [4.69, 9.17) is 23.3 Å². The van der Waals surface area contributed by atoms with Gasteiger partial charge in [0.25, 0.3) is 0 Å². The molecule has 0 rings (SSSR count).